The monoisotopic (exact) mass is 368 g/mol. The van der Waals surface area contributed by atoms with Crippen LogP contribution in [-0.4, -0.2) is 16.8 Å². The van der Waals surface area contributed by atoms with Crippen molar-refractivity contribution in [3.8, 4) is 0 Å². The first kappa shape index (κ1) is 21.7. The number of rotatable bonds is 13. The summed E-state index contributed by atoms with van der Waals surface area (Å²) in [4.78, 5) is 0. The molecule has 1 unspecified atom stereocenters. The maximum absolute atomic E-state index is 10.6. The number of aryl methyl sites for hydroxylation is 1. The fourth-order valence-electron chi connectivity index (χ4n) is 3.52. The molecular formula is C25H36O2. The van der Waals surface area contributed by atoms with Crippen LogP contribution in [0.15, 0.2) is 48.5 Å². The van der Waals surface area contributed by atoms with Crippen LogP contribution in [0.4, 0.5) is 0 Å². The summed E-state index contributed by atoms with van der Waals surface area (Å²) in [6.07, 6.45) is 12.0. The quantitative estimate of drug-likeness (QED) is 0.427. The molecule has 1 atom stereocenters. The average Bonchev–Trinajstić information content (AvgIpc) is 2.71. The van der Waals surface area contributed by atoms with Gasteiger partial charge in [0.15, 0.2) is 0 Å². The van der Waals surface area contributed by atoms with Crippen LogP contribution in [0.3, 0.4) is 0 Å². The molecule has 2 nitrogen and oxygen atoms in total. The van der Waals surface area contributed by atoms with Crippen molar-refractivity contribution in [3.63, 3.8) is 0 Å². The van der Waals surface area contributed by atoms with Gasteiger partial charge in [0.25, 0.3) is 0 Å². The summed E-state index contributed by atoms with van der Waals surface area (Å²) in [5.74, 6) is 0. The van der Waals surface area contributed by atoms with Gasteiger partial charge in [-0.25, -0.2) is 0 Å². The fraction of sp³-hybridized carbons (Fsp3) is 0.520. The van der Waals surface area contributed by atoms with Crippen molar-refractivity contribution >= 4 is 0 Å². The molecule has 0 bridgehead atoms. The maximum Gasteiger partial charge on any atom is 0.104 e. The van der Waals surface area contributed by atoms with Crippen LogP contribution in [0.5, 0.6) is 0 Å². The molecule has 2 heteroatoms. The van der Waals surface area contributed by atoms with E-state index in [0.29, 0.717) is 6.42 Å². The van der Waals surface area contributed by atoms with Gasteiger partial charge in [-0.1, -0.05) is 100 Å². The molecule has 0 aliphatic rings. The molecule has 2 N–H and O–H groups in total. The Morgan fingerprint density at radius 3 is 1.56 bits per heavy atom. The van der Waals surface area contributed by atoms with E-state index in [1.807, 2.05) is 36.4 Å². The van der Waals surface area contributed by atoms with Gasteiger partial charge in [0.05, 0.1) is 0 Å². The van der Waals surface area contributed by atoms with E-state index in [-0.39, 0.29) is 6.61 Å². The minimum Gasteiger partial charge on any atom is -0.396 e. The van der Waals surface area contributed by atoms with Gasteiger partial charge in [-0.2, -0.15) is 0 Å². The summed E-state index contributed by atoms with van der Waals surface area (Å²) in [6.45, 7) is 2.42. The molecule has 2 aromatic carbocycles. The Balaban J connectivity index is 1.74. The maximum atomic E-state index is 10.6. The van der Waals surface area contributed by atoms with Crippen LogP contribution < -0.4 is 0 Å². The second-order valence-electron chi connectivity index (χ2n) is 7.58. The third kappa shape index (κ3) is 7.86. The van der Waals surface area contributed by atoms with Gasteiger partial charge in [0.2, 0.25) is 0 Å². The third-order valence-electron chi connectivity index (χ3n) is 5.31. The highest BCUT2D eigenvalue weighted by Crippen LogP contribution is 2.23. The molecule has 0 amide bonds. The molecule has 148 valence electrons. The van der Waals surface area contributed by atoms with Crippen molar-refractivity contribution in [2.24, 2.45) is 0 Å². The summed E-state index contributed by atoms with van der Waals surface area (Å²) >= 11 is 0. The Bertz CT molecular complexity index is 616. The van der Waals surface area contributed by atoms with Gasteiger partial charge < -0.3 is 10.2 Å². The lowest BCUT2D eigenvalue weighted by molar-refractivity contribution is 0.220. The molecule has 0 aromatic heterocycles. The Morgan fingerprint density at radius 2 is 1.07 bits per heavy atom. The number of benzene rings is 2. The molecule has 0 saturated carbocycles. The van der Waals surface area contributed by atoms with Gasteiger partial charge >= 0.3 is 0 Å². The van der Waals surface area contributed by atoms with E-state index in [1.54, 1.807) is 0 Å². The lowest BCUT2D eigenvalue weighted by Gasteiger charge is -2.13. The molecule has 27 heavy (non-hydrogen) atoms. The first-order valence-corrected chi connectivity index (χ1v) is 10.7. The van der Waals surface area contributed by atoms with Gasteiger partial charge in [-0.05, 0) is 41.5 Å². The van der Waals surface area contributed by atoms with Crippen LogP contribution in [0.25, 0.3) is 0 Å². The number of aliphatic hydroxyl groups excluding tert-OH is 2. The number of aliphatic hydroxyl groups is 2. The smallest absolute Gasteiger partial charge is 0.104 e. The van der Waals surface area contributed by atoms with E-state index < -0.39 is 6.10 Å². The molecule has 2 aromatic rings. The van der Waals surface area contributed by atoms with Crippen molar-refractivity contribution < 1.29 is 10.2 Å². The van der Waals surface area contributed by atoms with E-state index >= 15 is 0 Å². The summed E-state index contributed by atoms with van der Waals surface area (Å²) < 4.78 is 0. The molecule has 2 rings (SSSR count). The third-order valence-corrected chi connectivity index (χ3v) is 5.31. The first-order chi connectivity index (χ1) is 13.2. The molecule has 0 saturated heterocycles. The molecule has 0 spiro atoms. The van der Waals surface area contributed by atoms with E-state index in [4.69, 9.17) is 5.11 Å². The van der Waals surface area contributed by atoms with Gasteiger partial charge in [0, 0.05) is 6.61 Å². The second-order valence-corrected chi connectivity index (χ2v) is 7.58. The largest absolute Gasteiger partial charge is 0.396 e. The Hall–Kier alpha value is -1.64. The molecule has 0 fully saturated rings. The summed E-state index contributed by atoms with van der Waals surface area (Å²) in [6, 6.07) is 16.3. The van der Waals surface area contributed by atoms with E-state index in [1.165, 1.54) is 56.9 Å². The van der Waals surface area contributed by atoms with Crippen LogP contribution in [0.2, 0.25) is 0 Å². The van der Waals surface area contributed by atoms with E-state index in [2.05, 4.69) is 19.1 Å². The topological polar surface area (TPSA) is 40.5 Å². The predicted octanol–water partition coefficient (Wildman–Crippen LogP) is 5.99. The zero-order valence-corrected chi connectivity index (χ0v) is 16.9. The minimum absolute atomic E-state index is 0.155. The molecule has 0 radical (unpaired) electrons. The standard InChI is InChI=1S/C25H36O2/c1-2-3-4-5-6-7-8-9-10-21-11-15-23(16-12-21)25(27)24-17-13-22(14-18-24)19-20-26/h11-18,25-27H,2-10,19-20H2,1H3. The number of hydrogen-bond donors (Lipinski definition) is 2. The first-order valence-electron chi connectivity index (χ1n) is 10.7. The molecule has 0 aliphatic carbocycles. The lowest BCUT2D eigenvalue weighted by Crippen LogP contribution is -2.00. The van der Waals surface area contributed by atoms with Crippen LogP contribution in [-0.2, 0) is 12.8 Å². The Kier molecular flexibility index (Phi) is 10.2. The highest BCUT2D eigenvalue weighted by molar-refractivity contribution is 5.33. The Morgan fingerprint density at radius 1 is 0.630 bits per heavy atom. The van der Waals surface area contributed by atoms with Crippen molar-refractivity contribution in [1.29, 1.82) is 0 Å². The van der Waals surface area contributed by atoms with Crippen molar-refractivity contribution in [2.75, 3.05) is 6.61 Å². The Labute approximate surface area is 165 Å². The van der Waals surface area contributed by atoms with Crippen LogP contribution >= 0.6 is 0 Å². The van der Waals surface area contributed by atoms with Crippen LogP contribution in [0.1, 0.15) is 86.6 Å². The van der Waals surface area contributed by atoms with E-state index in [9.17, 15) is 5.11 Å². The summed E-state index contributed by atoms with van der Waals surface area (Å²) in [7, 11) is 0. The number of unbranched alkanes of at least 4 members (excludes halogenated alkanes) is 7. The molecular weight excluding hydrogens is 332 g/mol. The molecule has 0 aliphatic heterocycles. The van der Waals surface area contributed by atoms with Crippen molar-refractivity contribution in [3.05, 3.63) is 70.8 Å². The number of hydrogen-bond acceptors (Lipinski definition) is 2. The zero-order chi connectivity index (χ0) is 19.3. The summed E-state index contributed by atoms with van der Waals surface area (Å²) in [5, 5.41) is 19.6. The summed E-state index contributed by atoms with van der Waals surface area (Å²) in [5.41, 5.74) is 4.28. The highest BCUT2D eigenvalue weighted by Gasteiger charge is 2.10. The normalized spacial score (nSPS) is 12.3. The second kappa shape index (κ2) is 12.7. The van der Waals surface area contributed by atoms with Gasteiger partial charge in [-0.3, -0.25) is 0 Å². The van der Waals surface area contributed by atoms with Gasteiger partial charge in [-0.15, -0.1) is 0 Å². The van der Waals surface area contributed by atoms with E-state index in [0.717, 1.165) is 23.1 Å². The molecule has 0 heterocycles. The van der Waals surface area contributed by atoms with Gasteiger partial charge in [0.1, 0.15) is 6.10 Å². The van der Waals surface area contributed by atoms with Crippen LogP contribution in [0, 0.1) is 0 Å². The van der Waals surface area contributed by atoms with Crippen molar-refractivity contribution in [1.82, 2.24) is 0 Å². The predicted molar refractivity (Wildman–Crippen MR) is 114 cm³/mol. The zero-order valence-electron chi connectivity index (χ0n) is 16.9. The fourth-order valence-corrected chi connectivity index (χ4v) is 3.52. The highest BCUT2D eigenvalue weighted by atomic mass is 16.3. The SMILES string of the molecule is CCCCCCCCCCc1ccc(C(O)c2ccc(CCO)cc2)cc1. The minimum atomic E-state index is -0.592. The lowest BCUT2D eigenvalue weighted by atomic mass is 9.97. The average molecular weight is 369 g/mol. The van der Waals surface area contributed by atoms with Crippen molar-refractivity contribution in [2.45, 2.75) is 77.2 Å².